The van der Waals surface area contributed by atoms with Crippen molar-refractivity contribution in [2.24, 2.45) is 5.92 Å². The average Bonchev–Trinajstić information content (AvgIpc) is 2.97. The fourth-order valence-electron chi connectivity index (χ4n) is 2.25. The Morgan fingerprint density at radius 1 is 1.47 bits per heavy atom. The molecule has 90 valence electrons. The van der Waals surface area contributed by atoms with Gasteiger partial charge in [0.1, 0.15) is 5.76 Å². The van der Waals surface area contributed by atoms with E-state index in [-0.39, 0.29) is 6.04 Å². The number of aromatic nitrogens is 2. The molecule has 0 saturated carbocycles. The number of hydrogen-bond donors (Lipinski definition) is 1. The monoisotopic (exact) mass is 233 g/mol. The SMILES string of the molecule is Cc1occc1-c1noc(C2NCCC2C)n1. The molecular weight excluding hydrogens is 218 g/mol. The van der Waals surface area contributed by atoms with E-state index >= 15 is 0 Å². The Kier molecular flexibility index (Phi) is 2.48. The van der Waals surface area contributed by atoms with Crippen LogP contribution in [-0.4, -0.2) is 16.7 Å². The van der Waals surface area contributed by atoms with Gasteiger partial charge in [-0.3, -0.25) is 0 Å². The van der Waals surface area contributed by atoms with Gasteiger partial charge in [-0.15, -0.1) is 0 Å². The third-order valence-electron chi connectivity index (χ3n) is 3.34. The van der Waals surface area contributed by atoms with Crippen LogP contribution in [0.1, 0.15) is 31.0 Å². The van der Waals surface area contributed by atoms with Crippen molar-refractivity contribution in [3.63, 3.8) is 0 Å². The Labute approximate surface area is 99.2 Å². The second-order valence-electron chi connectivity index (χ2n) is 4.54. The van der Waals surface area contributed by atoms with Gasteiger partial charge in [-0.25, -0.2) is 0 Å². The summed E-state index contributed by atoms with van der Waals surface area (Å²) in [5.74, 6) is 2.62. The molecule has 5 nitrogen and oxygen atoms in total. The zero-order valence-corrected chi connectivity index (χ0v) is 9.93. The molecule has 0 bridgehead atoms. The zero-order chi connectivity index (χ0) is 11.8. The first-order chi connectivity index (χ1) is 8.25. The van der Waals surface area contributed by atoms with E-state index in [0.717, 1.165) is 24.3 Å². The van der Waals surface area contributed by atoms with E-state index in [1.807, 2.05) is 13.0 Å². The minimum atomic E-state index is 0.184. The number of nitrogens with one attached hydrogen (secondary N) is 1. The van der Waals surface area contributed by atoms with Crippen LogP contribution in [0.5, 0.6) is 0 Å². The number of furan rings is 1. The predicted molar refractivity (Wildman–Crippen MR) is 61.3 cm³/mol. The van der Waals surface area contributed by atoms with Crippen LogP contribution in [-0.2, 0) is 0 Å². The number of rotatable bonds is 2. The van der Waals surface area contributed by atoms with Crippen molar-refractivity contribution in [1.29, 1.82) is 0 Å². The van der Waals surface area contributed by atoms with Crippen molar-refractivity contribution >= 4 is 0 Å². The molecule has 1 fully saturated rings. The van der Waals surface area contributed by atoms with Crippen molar-refractivity contribution < 1.29 is 8.94 Å². The number of hydrogen-bond acceptors (Lipinski definition) is 5. The molecule has 3 rings (SSSR count). The van der Waals surface area contributed by atoms with Gasteiger partial charge in [-0.1, -0.05) is 12.1 Å². The summed E-state index contributed by atoms with van der Waals surface area (Å²) in [5.41, 5.74) is 0.894. The first-order valence-electron chi connectivity index (χ1n) is 5.87. The standard InChI is InChI=1S/C12H15N3O2/c1-7-3-5-13-10(7)12-14-11(15-17-12)9-4-6-16-8(9)2/h4,6-7,10,13H,3,5H2,1-2H3. The molecule has 0 aromatic carbocycles. The van der Waals surface area contributed by atoms with Crippen LogP contribution >= 0.6 is 0 Å². The van der Waals surface area contributed by atoms with E-state index in [9.17, 15) is 0 Å². The van der Waals surface area contributed by atoms with Gasteiger partial charge in [0, 0.05) is 0 Å². The van der Waals surface area contributed by atoms with E-state index in [2.05, 4.69) is 22.4 Å². The van der Waals surface area contributed by atoms with Crippen LogP contribution in [0.3, 0.4) is 0 Å². The fraction of sp³-hybridized carbons (Fsp3) is 0.500. The number of nitrogens with zero attached hydrogens (tertiary/aromatic N) is 2. The molecule has 2 aromatic heterocycles. The minimum Gasteiger partial charge on any atom is -0.469 e. The first kappa shape index (κ1) is 10.5. The smallest absolute Gasteiger partial charge is 0.244 e. The van der Waals surface area contributed by atoms with Gasteiger partial charge in [0.25, 0.3) is 0 Å². The molecule has 1 saturated heterocycles. The van der Waals surface area contributed by atoms with Gasteiger partial charge in [-0.2, -0.15) is 4.98 Å². The molecule has 1 N–H and O–H groups in total. The molecule has 2 atom stereocenters. The van der Waals surface area contributed by atoms with Crippen molar-refractivity contribution in [3.05, 3.63) is 24.0 Å². The second kappa shape index (κ2) is 4.00. The van der Waals surface area contributed by atoms with E-state index < -0.39 is 0 Å². The van der Waals surface area contributed by atoms with Gasteiger partial charge in [0.2, 0.25) is 11.7 Å². The summed E-state index contributed by atoms with van der Waals surface area (Å²) >= 11 is 0. The molecule has 1 aliphatic heterocycles. The Morgan fingerprint density at radius 2 is 2.35 bits per heavy atom. The maximum Gasteiger partial charge on any atom is 0.244 e. The topological polar surface area (TPSA) is 64.1 Å². The van der Waals surface area contributed by atoms with Crippen LogP contribution < -0.4 is 5.32 Å². The summed E-state index contributed by atoms with van der Waals surface area (Å²) in [6.07, 6.45) is 2.78. The van der Waals surface area contributed by atoms with Crippen molar-refractivity contribution in [3.8, 4) is 11.4 Å². The molecule has 3 heterocycles. The summed E-state index contributed by atoms with van der Waals surface area (Å²) in [6, 6.07) is 2.04. The molecule has 0 spiro atoms. The minimum absolute atomic E-state index is 0.184. The highest BCUT2D eigenvalue weighted by Gasteiger charge is 2.29. The molecular formula is C12H15N3O2. The fourth-order valence-corrected chi connectivity index (χ4v) is 2.25. The van der Waals surface area contributed by atoms with Crippen molar-refractivity contribution in [1.82, 2.24) is 15.5 Å². The lowest BCUT2D eigenvalue weighted by Gasteiger charge is -2.08. The van der Waals surface area contributed by atoms with Crippen LogP contribution in [0, 0.1) is 12.8 Å². The van der Waals surface area contributed by atoms with Crippen LogP contribution in [0.25, 0.3) is 11.4 Å². The second-order valence-corrected chi connectivity index (χ2v) is 4.54. The quantitative estimate of drug-likeness (QED) is 0.862. The van der Waals surface area contributed by atoms with Gasteiger partial charge >= 0.3 is 0 Å². The molecule has 5 heteroatoms. The van der Waals surface area contributed by atoms with E-state index in [0.29, 0.717) is 17.6 Å². The zero-order valence-electron chi connectivity index (χ0n) is 9.93. The molecule has 0 amide bonds. The van der Waals surface area contributed by atoms with Gasteiger partial charge in [0.05, 0.1) is 17.9 Å². The highest BCUT2D eigenvalue weighted by atomic mass is 16.5. The normalized spacial score (nSPS) is 24.4. The van der Waals surface area contributed by atoms with Crippen LogP contribution in [0.2, 0.25) is 0 Å². The van der Waals surface area contributed by atoms with Gasteiger partial charge in [-0.05, 0) is 31.9 Å². The van der Waals surface area contributed by atoms with Crippen molar-refractivity contribution in [2.75, 3.05) is 6.54 Å². The Balaban J connectivity index is 1.90. The maximum absolute atomic E-state index is 5.33. The van der Waals surface area contributed by atoms with E-state index in [1.165, 1.54) is 0 Å². The predicted octanol–water partition coefficient (Wildman–Crippen LogP) is 2.31. The Hall–Kier alpha value is -1.62. The maximum atomic E-state index is 5.33. The number of aryl methyl sites for hydroxylation is 1. The molecule has 17 heavy (non-hydrogen) atoms. The van der Waals surface area contributed by atoms with Gasteiger partial charge in [0.15, 0.2) is 0 Å². The third kappa shape index (κ3) is 1.76. The lowest BCUT2D eigenvalue weighted by molar-refractivity contribution is 0.319. The third-order valence-corrected chi connectivity index (χ3v) is 3.34. The molecule has 0 radical (unpaired) electrons. The lowest BCUT2D eigenvalue weighted by Crippen LogP contribution is -2.16. The molecule has 2 aromatic rings. The Bertz CT molecular complexity index is 517. The van der Waals surface area contributed by atoms with Gasteiger partial charge < -0.3 is 14.3 Å². The summed E-state index contributed by atoms with van der Waals surface area (Å²) in [6.45, 7) is 5.09. The van der Waals surface area contributed by atoms with Crippen LogP contribution in [0.15, 0.2) is 21.3 Å². The lowest BCUT2D eigenvalue weighted by atomic mass is 10.0. The first-order valence-corrected chi connectivity index (χ1v) is 5.87. The summed E-state index contributed by atoms with van der Waals surface area (Å²) in [7, 11) is 0. The summed E-state index contributed by atoms with van der Waals surface area (Å²) < 4.78 is 10.6. The van der Waals surface area contributed by atoms with E-state index in [1.54, 1.807) is 6.26 Å². The largest absolute Gasteiger partial charge is 0.469 e. The Morgan fingerprint density at radius 3 is 3.00 bits per heavy atom. The highest BCUT2D eigenvalue weighted by molar-refractivity contribution is 5.56. The summed E-state index contributed by atoms with van der Waals surface area (Å²) in [5, 5.41) is 7.39. The summed E-state index contributed by atoms with van der Waals surface area (Å²) in [4.78, 5) is 4.45. The average molecular weight is 233 g/mol. The molecule has 0 aliphatic carbocycles. The highest BCUT2D eigenvalue weighted by Crippen LogP contribution is 2.29. The van der Waals surface area contributed by atoms with E-state index in [4.69, 9.17) is 8.94 Å². The van der Waals surface area contributed by atoms with Crippen LogP contribution in [0.4, 0.5) is 0 Å². The molecule has 2 unspecified atom stereocenters. The van der Waals surface area contributed by atoms with Crippen molar-refractivity contribution in [2.45, 2.75) is 26.3 Å². The molecule has 1 aliphatic rings.